The van der Waals surface area contributed by atoms with E-state index >= 15 is 0 Å². The average Bonchev–Trinajstić information content (AvgIpc) is 2.84. The van der Waals surface area contributed by atoms with E-state index in [0.717, 1.165) is 10.1 Å². The van der Waals surface area contributed by atoms with Crippen LogP contribution in [0.5, 0.6) is 0 Å². The highest BCUT2D eigenvalue weighted by molar-refractivity contribution is 8.10. The topological polar surface area (TPSA) is 0 Å². The van der Waals surface area contributed by atoms with Gasteiger partial charge in [-0.15, -0.1) is 0 Å². The Morgan fingerprint density at radius 1 is 0.788 bits per heavy atom. The first-order valence-corrected chi connectivity index (χ1v) is 12.1. The molecule has 0 spiro atoms. The molecule has 0 fully saturated rings. The van der Waals surface area contributed by atoms with Crippen LogP contribution >= 0.6 is 11.8 Å². The third-order valence-electron chi connectivity index (χ3n) is 6.30. The van der Waals surface area contributed by atoms with E-state index in [0.29, 0.717) is 0 Å². The van der Waals surface area contributed by atoms with Crippen molar-refractivity contribution in [3.63, 3.8) is 0 Å². The van der Waals surface area contributed by atoms with Crippen LogP contribution in [0.15, 0.2) is 96.9 Å². The molecule has 1 aliphatic rings. The van der Waals surface area contributed by atoms with Crippen molar-refractivity contribution in [2.75, 3.05) is 0 Å². The van der Waals surface area contributed by atoms with Gasteiger partial charge in [0.1, 0.15) is 0 Å². The third kappa shape index (κ3) is 3.69. The molecule has 2 bridgehead atoms. The molecule has 0 aromatic heterocycles. The molecule has 4 aromatic rings. The van der Waals surface area contributed by atoms with Gasteiger partial charge in [-0.3, -0.25) is 0 Å². The largest absolute Gasteiger partial charge is 0.0979 e. The Bertz CT molecular complexity index is 1680. The second-order valence-electron chi connectivity index (χ2n) is 8.33. The first kappa shape index (κ1) is 21.3. The molecule has 0 saturated heterocycles. The van der Waals surface area contributed by atoms with Crippen LogP contribution in [0.1, 0.15) is 18.1 Å². The summed E-state index contributed by atoms with van der Waals surface area (Å²) in [5.41, 5.74) is 6.12. The van der Waals surface area contributed by atoms with Crippen molar-refractivity contribution in [3.8, 4) is 11.1 Å². The van der Waals surface area contributed by atoms with Gasteiger partial charge in [0.25, 0.3) is 0 Å². The summed E-state index contributed by atoms with van der Waals surface area (Å²) in [6, 6.07) is 26.2. The number of hydrogen-bond donors (Lipinski definition) is 0. The lowest BCUT2D eigenvalue weighted by Gasteiger charge is -2.14. The number of hydrogen-bond acceptors (Lipinski definition) is 1. The molecule has 4 aromatic carbocycles. The van der Waals surface area contributed by atoms with Gasteiger partial charge in [-0.1, -0.05) is 109 Å². The zero-order valence-corrected chi connectivity index (χ0v) is 19.9. The van der Waals surface area contributed by atoms with Crippen LogP contribution in [0.4, 0.5) is 0 Å². The van der Waals surface area contributed by atoms with E-state index in [2.05, 4.69) is 117 Å². The monoisotopic (exact) mass is 442 g/mol. The van der Waals surface area contributed by atoms with Crippen molar-refractivity contribution in [2.45, 2.75) is 13.8 Å². The Morgan fingerprint density at radius 3 is 2.21 bits per heavy atom. The van der Waals surface area contributed by atoms with Gasteiger partial charge in [0.2, 0.25) is 0 Å². The highest BCUT2D eigenvalue weighted by Gasteiger charge is 2.11. The van der Waals surface area contributed by atoms with Crippen molar-refractivity contribution < 1.29 is 0 Å². The number of thioether (sulfide) groups is 1. The van der Waals surface area contributed by atoms with Crippen molar-refractivity contribution in [1.29, 1.82) is 0 Å². The van der Waals surface area contributed by atoms with E-state index in [9.17, 15) is 0 Å². The predicted octanol–water partition coefficient (Wildman–Crippen LogP) is 5.78. The molecule has 5 rings (SSSR count). The molecular formula is C32H26S. The van der Waals surface area contributed by atoms with E-state index < -0.39 is 0 Å². The molecule has 1 heteroatoms. The molecule has 0 unspecified atom stereocenters. The summed E-state index contributed by atoms with van der Waals surface area (Å²) in [4.78, 5) is 1.14. The maximum atomic E-state index is 4.61. The molecule has 1 aliphatic heterocycles. The van der Waals surface area contributed by atoms with Gasteiger partial charge in [0, 0.05) is 10.1 Å². The van der Waals surface area contributed by atoms with Gasteiger partial charge < -0.3 is 0 Å². The molecule has 0 saturated carbocycles. The number of benzene rings is 4. The smallest absolute Gasteiger partial charge is 0.0195 e. The lowest BCUT2D eigenvalue weighted by molar-refractivity contribution is 1.43. The molecule has 0 atom stereocenters. The summed E-state index contributed by atoms with van der Waals surface area (Å²) in [6.45, 7) is 13.0. The standard InChI is InChI=1S/C32H26S/c1-5-26-28-15-7-8-16-29(28)31-22(4)32(26)30(6-2)33-18-17-27(31)25-14-10-13-24(20-25)23-12-9-11-21(3)19-23/h5-20H,2,4H2,1,3H3/b18-17-,26-5-,31-27-,32-30+. The predicted molar refractivity (Wildman–Crippen MR) is 148 cm³/mol. The summed E-state index contributed by atoms with van der Waals surface area (Å²) in [6.07, 6.45) is 6.38. The highest BCUT2D eigenvalue weighted by Crippen LogP contribution is 2.26. The van der Waals surface area contributed by atoms with Crippen molar-refractivity contribution in [2.24, 2.45) is 0 Å². The number of allylic oxidation sites excluding steroid dienone is 1. The summed E-state index contributed by atoms with van der Waals surface area (Å²) >= 11 is 1.71. The lowest BCUT2D eigenvalue weighted by atomic mass is 9.93. The number of fused-ring (bicyclic) bond motifs is 4. The summed E-state index contributed by atoms with van der Waals surface area (Å²) in [5, 5.41) is 9.33. The molecule has 0 N–H and O–H groups in total. The first-order valence-electron chi connectivity index (χ1n) is 11.2. The summed E-state index contributed by atoms with van der Waals surface area (Å²) in [7, 11) is 0. The van der Waals surface area contributed by atoms with Gasteiger partial charge in [-0.05, 0) is 80.1 Å². The van der Waals surface area contributed by atoms with Gasteiger partial charge in [0.15, 0.2) is 0 Å². The molecule has 0 aliphatic carbocycles. The average molecular weight is 443 g/mol. The fraction of sp³-hybridized carbons (Fsp3) is 0.0625. The van der Waals surface area contributed by atoms with E-state index in [1.807, 2.05) is 6.08 Å². The number of aryl methyl sites for hydroxylation is 1. The van der Waals surface area contributed by atoms with Crippen LogP contribution in [0, 0.1) is 6.92 Å². The molecule has 0 amide bonds. The van der Waals surface area contributed by atoms with Crippen LogP contribution in [0.25, 0.3) is 45.0 Å². The van der Waals surface area contributed by atoms with E-state index in [4.69, 9.17) is 0 Å². The van der Waals surface area contributed by atoms with Crippen LogP contribution in [0.2, 0.25) is 0 Å². The zero-order valence-electron chi connectivity index (χ0n) is 19.1. The van der Waals surface area contributed by atoms with Crippen LogP contribution < -0.4 is 20.9 Å². The second-order valence-corrected chi connectivity index (χ2v) is 9.28. The van der Waals surface area contributed by atoms with Crippen molar-refractivity contribution in [1.82, 2.24) is 0 Å². The Balaban J connectivity index is 1.96. The highest BCUT2D eigenvalue weighted by atomic mass is 32.2. The second kappa shape index (κ2) is 8.77. The van der Waals surface area contributed by atoms with Gasteiger partial charge >= 0.3 is 0 Å². The minimum Gasteiger partial charge on any atom is -0.0979 e. The Kier molecular flexibility index (Phi) is 5.66. The van der Waals surface area contributed by atoms with E-state index in [1.165, 1.54) is 54.3 Å². The van der Waals surface area contributed by atoms with Gasteiger partial charge in [0.05, 0.1) is 0 Å². The maximum Gasteiger partial charge on any atom is 0.0195 e. The van der Waals surface area contributed by atoms with Gasteiger partial charge in [-0.25, -0.2) is 0 Å². The fourth-order valence-electron chi connectivity index (χ4n) is 4.81. The molecule has 160 valence electrons. The molecule has 0 radical (unpaired) electrons. The molecule has 1 heterocycles. The lowest BCUT2D eigenvalue weighted by Crippen LogP contribution is -2.49. The van der Waals surface area contributed by atoms with Gasteiger partial charge in [-0.2, -0.15) is 0 Å². The van der Waals surface area contributed by atoms with Crippen molar-refractivity contribution in [3.05, 3.63) is 129 Å². The normalized spacial score (nSPS) is 18.1. The fourth-order valence-corrected chi connectivity index (χ4v) is 5.61. The van der Waals surface area contributed by atoms with Crippen LogP contribution in [0.3, 0.4) is 0 Å². The summed E-state index contributed by atoms with van der Waals surface area (Å²) < 4.78 is 0. The molecular weight excluding hydrogens is 416 g/mol. The minimum atomic E-state index is 1.06. The van der Waals surface area contributed by atoms with E-state index in [-0.39, 0.29) is 0 Å². The maximum absolute atomic E-state index is 4.61. The van der Waals surface area contributed by atoms with Crippen LogP contribution in [-0.4, -0.2) is 0 Å². The van der Waals surface area contributed by atoms with E-state index in [1.54, 1.807) is 11.8 Å². The number of rotatable bonds is 3. The Hall–Kier alpha value is -3.55. The van der Waals surface area contributed by atoms with Crippen molar-refractivity contribution >= 4 is 45.7 Å². The summed E-state index contributed by atoms with van der Waals surface area (Å²) in [5.74, 6) is 0. The quantitative estimate of drug-likeness (QED) is 0.388. The minimum absolute atomic E-state index is 1.06. The Morgan fingerprint density at radius 2 is 1.48 bits per heavy atom. The SMILES string of the molecule is C=C/C1=c2/c(=C)/c(c3ccccc3/c2=C/C)=C(c2cccc(-c3cccc(C)c3)c2)\C=C/S1. The molecule has 0 nitrogen and oxygen atoms in total. The third-order valence-corrected chi connectivity index (χ3v) is 7.20. The molecule has 33 heavy (non-hydrogen) atoms. The Labute approximate surface area is 199 Å². The first-order chi connectivity index (χ1) is 16.1. The van der Waals surface area contributed by atoms with Crippen LogP contribution in [-0.2, 0) is 0 Å². The zero-order chi connectivity index (χ0) is 22.9.